The number of amides is 3. The molecule has 0 bridgehead atoms. The number of ether oxygens (including phenoxy) is 8. The number of anilines is 1. The molecule has 22 nitrogen and oxygen atoms in total. The third kappa shape index (κ3) is 20.1. The number of nitrogens with zero attached hydrogens (tertiary/aromatic N) is 7. The number of piperazine rings is 1. The number of aryl methyl sites for hydroxylation is 1. The third-order valence-electron chi connectivity index (χ3n) is 17.3. The average Bonchev–Trinajstić information content (AvgIpc) is 0.849. The number of aromatic hydroxyl groups is 1. The molecule has 3 aliphatic heterocycles. The number of β-amino-alcohol motifs (C(OH)–C–C–N with tert-alkyl or cyclic N) is 1. The summed E-state index contributed by atoms with van der Waals surface area (Å²) in [6.07, 6.45) is 2.33. The highest BCUT2D eigenvalue weighted by Gasteiger charge is 2.43. The predicted molar refractivity (Wildman–Crippen MR) is 369 cm³/mol. The van der Waals surface area contributed by atoms with Crippen LogP contribution in [0, 0.1) is 18.2 Å². The fourth-order valence-corrected chi connectivity index (χ4v) is 13.3. The quantitative estimate of drug-likeness (QED) is 0.0214. The van der Waals surface area contributed by atoms with Crippen LogP contribution in [-0.2, 0) is 47.5 Å². The van der Waals surface area contributed by atoms with Crippen LogP contribution in [0.1, 0.15) is 71.2 Å². The molecule has 5 heterocycles. The SMILES string of the molecule is C=CC(=O)N1CCN(c2nc(O[C@H](C)CN3CCC(OCCOCCOCCOCCOCCOCCOCC(=O)N[C@H](C(=O)N4C[C@H](O)C[C@H]4C(=C)N[C@@H](C)c4ccc(-c5scnc5C)cc4)C(C)(C)C)CC3)nc3c(F)c(-c4cc(O)cc5ccccc45)c(Cl)cc23)CC1. The van der Waals surface area contributed by atoms with Gasteiger partial charge in [-0.25, -0.2) is 9.37 Å². The Morgan fingerprint density at radius 1 is 0.812 bits per heavy atom. The number of fused-ring (bicyclic) bond motifs is 2. The van der Waals surface area contributed by atoms with Gasteiger partial charge in [0.05, 0.1) is 119 Å². The summed E-state index contributed by atoms with van der Waals surface area (Å²) < 4.78 is 63.5. The summed E-state index contributed by atoms with van der Waals surface area (Å²) in [4.78, 5) is 62.4. The van der Waals surface area contributed by atoms with Crippen LogP contribution in [0.2, 0.25) is 5.02 Å². The summed E-state index contributed by atoms with van der Waals surface area (Å²) >= 11 is 8.54. The molecule has 4 N–H and O–H groups in total. The number of carbonyl (C=O) groups is 3. The molecule has 96 heavy (non-hydrogen) atoms. The normalized spacial score (nSPS) is 17.4. The van der Waals surface area contributed by atoms with E-state index in [1.807, 2.05) is 76.2 Å². The second-order valence-corrected chi connectivity index (χ2v) is 26.7. The van der Waals surface area contributed by atoms with Crippen molar-refractivity contribution in [2.24, 2.45) is 5.41 Å². The van der Waals surface area contributed by atoms with Crippen molar-refractivity contribution in [2.45, 2.75) is 97.2 Å². The van der Waals surface area contributed by atoms with Crippen molar-refractivity contribution >= 4 is 68.2 Å². The van der Waals surface area contributed by atoms with Crippen molar-refractivity contribution in [1.82, 2.24) is 40.3 Å². The number of phenolic OH excluding ortho intramolecular Hbond substituents is 1. The summed E-state index contributed by atoms with van der Waals surface area (Å²) in [6, 6.07) is 19.1. The summed E-state index contributed by atoms with van der Waals surface area (Å²) in [5.41, 5.74) is 5.55. The number of hydrogen-bond acceptors (Lipinski definition) is 20. The van der Waals surface area contributed by atoms with Gasteiger partial charge in [0, 0.05) is 81.5 Å². The number of phenols is 1. The van der Waals surface area contributed by atoms with Gasteiger partial charge in [0.2, 0.25) is 17.7 Å². The number of thiazole rings is 1. The van der Waals surface area contributed by atoms with Crippen LogP contribution in [-0.4, -0.2) is 226 Å². The molecule has 0 spiro atoms. The lowest BCUT2D eigenvalue weighted by atomic mass is 9.85. The van der Waals surface area contributed by atoms with Crippen molar-refractivity contribution in [2.75, 3.05) is 143 Å². The Morgan fingerprint density at radius 2 is 1.44 bits per heavy atom. The van der Waals surface area contributed by atoms with Crippen LogP contribution in [0.25, 0.3) is 43.2 Å². The second kappa shape index (κ2) is 35.5. The van der Waals surface area contributed by atoms with Gasteiger partial charge in [-0.15, -0.1) is 11.3 Å². The molecule has 3 fully saturated rings. The molecular formula is C71H93ClFN9O13S. The topological polar surface area (TPSA) is 241 Å². The molecule has 3 aliphatic rings. The summed E-state index contributed by atoms with van der Waals surface area (Å²) in [6.45, 7) is 27.9. The molecule has 6 aromatic rings. The molecule has 0 saturated carbocycles. The Morgan fingerprint density at radius 3 is 2.05 bits per heavy atom. The molecular weight excluding hydrogens is 1270 g/mol. The van der Waals surface area contributed by atoms with Crippen molar-refractivity contribution < 1.29 is 66.9 Å². The minimum atomic E-state index is -0.874. The van der Waals surface area contributed by atoms with Crippen LogP contribution in [0.5, 0.6) is 11.8 Å². The van der Waals surface area contributed by atoms with Crippen molar-refractivity contribution in [1.29, 1.82) is 0 Å². The second-order valence-electron chi connectivity index (χ2n) is 25.5. The summed E-state index contributed by atoms with van der Waals surface area (Å²) in [5, 5.41) is 29.8. The van der Waals surface area contributed by atoms with E-state index in [-0.39, 0.29) is 84.3 Å². The fraction of sp³-hybridized carbons (Fsp3) is 0.521. The molecule has 3 saturated heterocycles. The smallest absolute Gasteiger partial charge is 0.319 e. The van der Waals surface area contributed by atoms with E-state index in [0.717, 1.165) is 58.4 Å². The first-order chi connectivity index (χ1) is 46.3. The summed E-state index contributed by atoms with van der Waals surface area (Å²) in [7, 11) is 0. The van der Waals surface area contributed by atoms with E-state index < -0.39 is 35.3 Å². The maximum Gasteiger partial charge on any atom is 0.319 e. The Hall–Kier alpha value is -6.94. The lowest BCUT2D eigenvalue weighted by Gasteiger charge is -2.36. The molecule has 3 amide bonds. The van der Waals surface area contributed by atoms with Gasteiger partial charge in [-0.3, -0.25) is 19.3 Å². The van der Waals surface area contributed by atoms with Gasteiger partial charge in [0.25, 0.3) is 0 Å². The monoisotopic (exact) mass is 1370 g/mol. The zero-order chi connectivity index (χ0) is 68.3. The number of benzene rings is 4. The Balaban J connectivity index is 0.585. The third-order valence-corrected chi connectivity index (χ3v) is 18.5. The van der Waals surface area contributed by atoms with Gasteiger partial charge in [0.15, 0.2) is 5.82 Å². The first-order valence-electron chi connectivity index (χ1n) is 33.0. The number of rotatable bonds is 35. The first-order valence-corrected chi connectivity index (χ1v) is 34.3. The van der Waals surface area contributed by atoms with Gasteiger partial charge < -0.3 is 73.4 Å². The zero-order valence-corrected chi connectivity index (χ0v) is 57.6. The first kappa shape index (κ1) is 73.3. The molecule has 0 radical (unpaired) electrons. The van der Waals surface area contributed by atoms with Gasteiger partial charge in [-0.05, 0) is 90.8 Å². The highest BCUT2D eigenvalue weighted by molar-refractivity contribution is 7.13. The molecule has 9 rings (SSSR count). The van der Waals surface area contributed by atoms with E-state index in [1.165, 1.54) is 12.1 Å². The van der Waals surface area contributed by atoms with E-state index >= 15 is 4.39 Å². The van der Waals surface area contributed by atoms with E-state index in [2.05, 4.69) is 62.9 Å². The van der Waals surface area contributed by atoms with Gasteiger partial charge in [0.1, 0.15) is 35.8 Å². The minimum Gasteiger partial charge on any atom is -0.508 e. The fourth-order valence-electron chi connectivity index (χ4n) is 12.2. The lowest BCUT2D eigenvalue weighted by Crippen LogP contribution is -2.57. The van der Waals surface area contributed by atoms with Gasteiger partial charge >= 0.3 is 6.01 Å². The molecule has 4 aromatic carbocycles. The molecule has 0 aliphatic carbocycles. The number of nitrogens with one attached hydrogen (secondary N) is 2. The average molecular weight is 1370 g/mol. The Bertz CT molecular complexity index is 3560. The maximum atomic E-state index is 17.1. The molecule has 2 aromatic heterocycles. The number of aromatic nitrogens is 3. The Labute approximate surface area is 571 Å². The molecule has 0 unspecified atom stereocenters. The van der Waals surface area contributed by atoms with E-state index in [9.17, 15) is 24.6 Å². The van der Waals surface area contributed by atoms with E-state index in [1.54, 1.807) is 33.3 Å². The number of aliphatic hydroxyl groups excluding tert-OH is 1. The van der Waals surface area contributed by atoms with Crippen LogP contribution in [0.15, 0.2) is 97.2 Å². The predicted octanol–water partition coefficient (Wildman–Crippen LogP) is 8.92. The minimum absolute atomic E-state index is 0.0211. The number of piperidine rings is 1. The Kier molecular flexibility index (Phi) is 27.1. The number of aliphatic hydroxyl groups is 1. The summed E-state index contributed by atoms with van der Waals surface area (Å²) in [5.74, 6) is -1.12. The van der Waals surface area contributed by atoms with E-state index in [4.69, 9.17) is 54.5 Å². The number of carbonyl (C=O) groups excluding carboxylic acids is 3. The number of hydrogen-bond donors (Lipinski definition) is 4. The van der Waals surface area contributed by atoms with Crippen molar-refractivity contribution in [3.63, 3.8) is 0 Å². The van der Waals surface area contributed by atoms with E-state index in [0.29, 0.717) is 128 Å². The number of likely N-dealkylation sites (tertiary alicyclic amines) is 2. The maximum absolute atomic E-state index is 17.1. The van der Waals surface area contributed by atoms with Crippen LogP contribution < -0.4 is 20.3 Å². The standard InChI is InChI=1S/C71H93ClFN9O13S/c1-9-62(86)80-22-24-81(25-23-80)68-58-41-59(72)63(57-39-53(83)38-52-12-10-11-13-56(52)57)64(73)65(58)77-70(78-68)95-46(2)42-79-20-18-55(19-21-79)94-37-36-92-33-32-90-29-28-88-26-27-89-30-31-91-34-35-93-44-61(85)76-67(71(6,7)8)69(87)82-43-54(84)40-60(82)48(4)75-47(3)50-14-16-51(17-15-50)66-49(5)74-45-96-66/h9-17,38-39,41,45-47,54-55,60,67,75,83-84H,1,4,18-37,40,42-44H2,2-3,5-8H3,(H,76,85)/t46-,47+,54-,60+,67-/m1/s1. The van der Waals surface area contributed by atoms with Crippen molar-refractivity contribution in [3.05, 3.63) is 119 Å². The lowest BCUT2D eigenvalue weighted by molar-refractivity contribution is -0.141. The largest absolute Gasteiger partial charge is 0.508 e. The number of halogens is 2. The van der Waals surface area contributed by atoms with Gasteiger partial charge in [-0.1, -0.05) is 94.1 Å². The van der Waals surface area contributed by atoms with Crippen LogP contribution >= 0.6 is 22.9 Å². The van der Waals surface area contributed by atoms with Crippen molar-refractivity contribution in [3.8, 4) is 33.3 Å². The molecule has 5 atom stereocenters. The van der Waals surface area contributed by atoms with Crippen LogP contribution in [0.4, 0.5) is 10.2 Å². The highest BCUT2D eigenvalue weighted by atomic mass is 35.5. The van der Waals surface area contributed by atoms with Crippen LogP contribution in [0.3, 0.4) is 0 Å². The molecule has 25 heteroatoms. The van der Waals surface area contributed by atoms with Gasteiger partial charge in [-0.2, -0.15) is 9.97 Å². The molecule has 520 valence electrons. The zero-order valence-electron chi connectivity index (χ0n) is 56.0. The highest BCUT2D eigenvalue weighted by Crippen LogP contribution is 2.43.